The summed E-state index contributed by atoms with van der Waals surface area (Å²) in [5.41, 5.74) is 1.78. The van der Waals surface area contributed by atoms with Crippen molar-refractivity contribution in [1.82, 2.24) is 15.0 Å². The van der Waals surface area contributed by atoms with Crippen molar-refractivity contribution in [3.63, 3.8) is 0 Å². The molecule has 0 unspecified atom stereocenters. The van der Waals surface area contributed by atoms with Crippen molar-refractivity contribution in [2.75, 3.05) is 6.61 Å². The summed E-state index contributed by atoms with van der Waals surface area (Å²) in [6.07, 6.45) is 3.42. The van der Waals surface area contributed by atoms with Gasteiger partial charge in [0.1, 0.15) is 12.4 Å². The lowest BCUT2D eigenvalue weighted by Crippen LogP contribution is -2.28. The van der Waals surface area contributed by atoms with Crippen LogP contribution in [0.25, 0.3) is 11.1 Å². The highest BCUT2D eigenvalue weighted by atomic mass is 16.5. The number of hydrogen-bond acceptors (Lipinski definition) is 4. The molecule has 1 N–H and O–H groups in total. The molecule has 0 radical (unpaired) electrons. The van der Waals surface area contributed by atoms with Gasteiger partial charge in [0.25, 0.3) is 0 Å². The number of carboxylic acids is 1. The molecule has 1 aromatic heterocycles. The van der Waals surface area contributed by atoms with E-state index in [1.807, 2.05) is 48.5 Å². The summed E-state index contributed by atoms with van der Waals surface area (Å²) in [5.74, 6) is -0.0695. The summed E-state index contributed by atoms with van der Waals surface area (Å²) in [7, 11) is 0. The first-order chi connectivity index (χ1) is 12.5. The number of aliphatic carboxylic acids is 1. The van der Waals surface area contributed by atoms with Gasteiger partial charge < -0.3 is 9.84 Å². The molecule has 6 heteroatoms. The van der Waals surface area contributed by atoms with E-state index < -0.39 is 11.4 Å². The second-order valence-electron chi connectivity index (χ2n) is 6.52. The van der Waals surface area contributed by atoms with Gasteiger partial charge in [-0.3, -0.25) is 4.79 Å². The molecular formula is C20H21N3O3. The van der Waals surface area contributed by atoms with Crippen LogP contribution in [0.15, 0.2) is 60.9 Å². The largest absolute Gasteiger partial charge is 0.491 e. The number of aromatic nitrogens is 3. The predicted molar refractivity (Wildman–Crippen MR) is 98.1 cm³/mol. The number of para-hydroxylation sites is 1. The monoisotopic (exact) mass is 351 g/mol. The maximum Gasteiger partial charge on any atom is 0.313 e. The highest BCUT2D eigenvalue weighted by Crippen LogP contribution is 2.32. The molecule has 0 amide bonds. The van der Waals surface area contributed by atoms with Crippen molar-refractivity contribution >= 4 is 5.97 Å². The molecular weight excluding hydrogens is 330 g/mol. The maximum absolute atomic E-state index is 11.4. The van der Waals surface area contributed by atoms with E-state index in [2.05, 4.69) is 10.3 Å². The first kappa shape index (κ1) is 17.7. The summed E-state index contributed by atoms with van der Waals surface area (Å²) < 4.78 is 7.63. The Labute approximate surface area is 152 Å². The third-order valence-corrected chi connectivity index (χ3v) is 4.39. The topological polar surface area (TPSA) is 77.2 Å². The normalized spacial score (nSPS) is 11.3. The van der Waals surface area contributed by atoms with E-state index in [9.17, 15) is 9.90 Å². The number of benzene rings is 2. The molecule has 0 aliphatic carbocycles. The smallest absolute Gasteiger partial charge is 0.313 e. The van der Waals surface area contributed by atoms with E-state index in [0.717, 1.165) is 22.4 Å². The van der Waals surface area contributed by atoms with E-state index in [0.29, 0.717) is 13.2 Å². The Morgan fingerprint density at radius 1 is 1.15 bits per heavy atom. The molecule has 6 nitrogen and oxygen atoms in total. The molecule has 0 fully saturated rings. The van der Waals surface area contributed by atoms with E-state index in [1.54, 1.807) is 30.9 Å². The second kappa shape index (κ2) is 7.39. The molecule has 0 aliphatic rings. The van der Waals surface area contributed by atoms with E-state index >= 15 is 0 Å². The second-order valence-corrected chi connectivity index (χ2v) is 6.52. The van der Waals surface area contributed by atoms with Crippen LogP contribution in [-0.4, -0.2) is 32.7 Å². The Bertz CT molecular complexity index is 872. The van der Waals surface area contributed by atoms with Gasteiger partial charge >= 0.3 is 5.97 Å². The molecule has 26 heavy (non-hydrogen) atoms. The van der Waals surface area contributed by atoms with Crippen molar-refractivity contribution in [2.24, 2.45) is 0 Å². The minimum atomic E-state index is -0.924. The summed E-state index contributed by atoms with van der Waals surface area (Å²) in [4.78, 5) is 11.4. The zero-order valence-electron chi connectivity index (χ0n) is 14.8. The fourth-order valence-corrected chi connectivity index (χ4v) is 2.62. The van der Waals surface area contributed by atoms with Crippen LogP contribution >= 0.6 is 0 Å². The number of carboxylic acid groups (broad SMARTS) is 1. The Hall–Kier alpha value is -3.15. The van der Waals surface area contributed by atoms with Crippen molar-refractivity contribution in [3.8, 4) is 16.9 Å². The first-order valence-electron chi connectivity index (χ1n) is 8.39. The number of carbonyl (C=O) groups is 1. The molecule has 3 aromatic rings. The average Bonchev–Trinajstić information content (AvgIpc) is 3.15. The van der Waals surface area contributed by atoms with Crippen molar-refractivity contribution in [3.05, 3.63) is 66.5 Å². The fourth-order valence-electron chi connectivity index (χ4n) is 2.62. The zero-order valence-corrected chi connectivity index (χ0v) is 14.8. The van der Waals surface area contributed by atoms with Gasteiger partial charge in [-0.2, -0.15) is 0 Å². The quantitative estimate of drug-likeness (QED) is 0.706. The molecule has 0 saturated heterocycles. The lowest BCUT2D eigenvalue weighted by atomic mass is 9.84. The van der Waals surface area contributed by atoms with Crippen molar-refractivity contribution < 1.29 is 14.6 Å². The van der Waals surface area contributed by atoms with Crippen LogP contribution in [0.2, 0.25) is 0 Å². The van der Waals surface area contributed by atoms with Gasteiger partial charge in [0.15, 0.2) is 0 Å². The van der Waals surface area contributed by atoms with E-state index in [4.69, 9.17) is 4.74 Å². The number of rotatable bonds is 7. The number of ether oxygens (including phenoxy) is 1. The van der Waals surface area contributed by atoms with Crippen LogP contribution in [0.1, 0.15) is 19.4 Å². The lowest BCUT2D eigenvalue weighted by molar-refractivity contribution is -0.142. The summed E-state index contributed by atoms with van der Waals surface area (Å²) >= 11 is 0. The predicted octanol–water partition coefficient (Wildman–Crippen LogP) is 3.39. The summed E-state index contributed by atoms with van der Waals surface area (Å²) in [6, 6.07) is 15.4. The lowest BCUT2D eigenvalue weighted by Gasteiger charge is -2.20. The van der Waals surface area contributed by atoms with Crippen molar-refractivity contribution in [1.29, 1.82) is 0 Å². The Balaban J connectivity index is 1.78. The summed E-state index contributed by atoms with van der Waals surface area (Å²) in [6.45, 7) is 4.49. The minimum absolute atomic E-state index is 0.477. The molecule has 1 heterocycles. The van der Waals surface area contributed by atoms with Gasteiger partial charge in [-0.15, -0.1) is 5.10 Å². The standard InChI is InChI=1S/C20H21N3O3/c1-20(2,19(24)25)16-9-7-15(8-10-16)17-5-3-4-6-18(17)26-14-13-23-12-11-21-22-23/h3-12H,13-14H2,1-2H3,(H,24,25). The third kappa shape index (κ3) is 3.74. The molecule has 0 bridgehead atoms. The molecule has 0 aliphatic heterocycles. The highest BCUT2D eigenvalue weighted by molar-refractivity contribution is 5.81. The van der Waals surface area contributed by atoms with Crippen LogP contribution in [0.5, 0.6) is 5.75 Å². The van der Waals surface area contributed by atoms with Gasteiger partial charge in [0.05, 0.1) is 18.2 Å². The number of nitrogens with zero attached hydrogens (tertiary/aromatic N) is 3. The van der Waals surface area contributed by atoms with Gasteiger partial charge in [0.2, 0.25) is 0 Å². The summed E-state index contributed by atoms with van der Waals surface area (Å²) in [5, 5.41) is 17.1. The van der Waals surface area contributed by atoms with Crippen LogP contribution < -0.4 is 4.74 Å². The highest BCUT2D eigenvalue weighted by Gasteiger charge is 2.29. The molecule has 0 saturated carbocycles. The average molecular weight is 351 g/mol. The van der Waals surface area contributed by atoms with Crippen LogP contribution in [0.4, 0.5) is 0 Å². The fraction of sp³-hybridized carbons (Fsp3) is 0.250. The Morgan fingerprint density at radius 2 is 1.88 bits per heavy atom. The molecule has 134 valence electrons. The van der Waals surface area contributed by atoms with Crippen LogP contribution in [-0.2, 0) is 16.8 Å². The van der Waals surface area contributed by atoms with Gasteiger partial charge in [-0.05, 0) is 31.0 Å². The first-order valence-corrected chi connectivity index (χ1v) is 8.39. The van der Waals surface area contributed by atoms with E-state index in [-0.39, 0.29) is 0 Å². The van der Waals surface area contributed by atoms with Gasteiger partial charge in [0, 0.05) is 11.8 Å². The number of hydrogen-bond donors (Lipinski definition) is 1. The van der Waals surface area contributed by atoms with Gasteiger partial charge in [-0.25, -0.2) is 4.68 Å². The van der Waals surface area contributed by atoms with Crippen LogP contribution in [0, 0.1) is 0 Å². The minimum Gasteiger partial charge on any atom is -0.491 e. The molecule has 0 spiro atoms. The molecule has 2 aromatic carbocycles. The van der Waals surface area contributed by atoms with Crippen LogP contribution in [0.3, 0.4) is 0 Å². The molecule has 3 rings (SSSR count). The van der Waals surface area contributed by atoms with Crippen molar-refractivity contribution in [2.45, 2.75) is 25.8 Å². The third-order valence-electron chi connectivity index (χ3n) is 4.39. The zero-order chi connectivity index (χ0) is 18.6. The molecule has 0 atom stereocenters. The van der Waals surface area contributed by atoms with Gasteiger partial charge in [-0.1, -0.05) is 47.7 Å². The van der Waals surface area contributed by atoms with E-state index in [1.165, 1.54) is 0 Å². The Kier molecular flexibility index (Phi) is 5.02. The SMILES string of the molecule is CC(C)(C(=O)O)c1ccc(-c2ccccc2OCCn2ccnn2)cc1. The maximum atomic E-state index is 11.4. The Morgan fingerprint density at radius 3 is 2.54 bits per heavy atom.